The Hall–Kier alpha value is 0.210. The Kier molecular flexibility index (Phi) is 8.40. The maximum atomic E-state index is 8.77. The Balaban J connectivity index is 0. The molecule has 0 fully saturated rings. The second-order valence-corrected chi connectivity index (χ2v) is 2.44. The van der Waals surface area contributed by atoms with Gasteiger partial charge >= 0.3 is 0 Å². The molecule has 0 aromatic rings. The van der Waals surface area contributed by atoms with Crippen molar-refractivity contribution in [3.8, 4) is 0 Å². The molecule has 0 saturated heterocycles. The highest BCUT2D eigenvalue weighted by molar-refractivity contribution is 5.85. The lowest BCUT2D eigenvalue weighted by Gasteiger charge is -2.09. The molecule has 0 spiro atoms. The van der Waals surface area contributed by atoms with Gasteiger partial charge < -0.3 is 10.0 Å². The van der Waals surface area contributed by atoms with Crippen LogP contribution in [0.25, 0.3) is 0 Å². The summed E-state index contributed by atoms with van der Waals surface area (Å²) < 4.78 is 0. The van der Waals surface area contributed by atoms with Crippen molar-refractivity contribution in [2.45, 2.75) is 19.4 Å². The third-order valence-corrected chi connectivity index (χ3v) is 0.994. The number of halogens is 1. The third kappa shape index (κ3) is 11.7. The number of nitrogens with zero attached hydrogens (tertiary/aromatic N) is 1. The van der Waals surface area contributed by atoms with E-state index in [0.29, 0.717) is 0 Å². The van der Waals surface area contributed by atoms with E-state index in [2.05, 4.69) is 4.90 Å². The van der Waals surface area contributed by atoms with Crippen molar-refractivity contribution < 1.29 is 5.11 Å². The SMILES string of the molecule is C[C@H](O)CCN(C)C.Cl. The van der Waals surface area contributed by atoms with Gasteiger partial charge in [-0.2, -0.15) is 0 Å². The van der Waals surface area contributed by atoms with Crippen molar-refractivity contribution in [1.82, 2.24) is 4.90 Å². The molecule has 0 unspecified atom stereocenters. The summed E-state index contributed by atoms with van der Waals surface area (Å²) in [5.74, 6) is 0. The summed E-state index contributed by atoms with van der Waals surface area (Å²) in [7, 11) is 4.00. The van der Waals surface area contributed by atoms with Crippen LogP contribution in [0.3, 0.4) is 0 Å². The molecule has 0 aliphatic heterocycles. The van der Waals surface area contributed by atoms with Crippen molar-refractivity contribution in [3.05, 3.63) is 0 Å². The van der Waals surface area contributed by atoms with E-state index >= 15 is 0 Å². The first-order chi connectivity index (χ1) is 3.63. The standard InChI is InChI=1S/C6H15NO.ClH/c1-6(8)4-5-7(2)3;/h6,8H,4-5H2,1-3H3;1H/t6-;/m0./s1. The number of hydrogen-bond acceptors (Lipinski definition) is 2. The second-order valence-electron chi connectivity index (χ2n) is 2.44. The van der Waals surface area contributed by atoms with Crippen LogP contribution < -0.4 is 0 Å². The molecular formula is C6H16ClNO. The number of aliphatic hydroxyl groups is 1. The van der Waals surface area contributed by atoms with Crippen LogP contribution in [0.5, 0.6) is 0 Å². The molecule has 1 atom stereocenters. The summed E-state index contributed by atoms with van der Waals surface area (Å²) in [5.41, 5.74) is 0. The number of rotatable bonds is 3. The van der Waals surface area contributed by atoms with Gasteiger partial charge in [0.15, 0.2) is 0 Å². The summed E-state index contributed by atoms with van der Waals surface area (Å²) in [6.45, 7) is 2.78. The first kappa shape index (κ1) is 11.9. The Labute approximate surface area is 63.3 Å². The average molecular weight is 154 g/mol. The molecule has 0 aromatic carbocycles. The Morgan fingerprint density at radius 2 is 1.89 bits per heavy atom. The molecule has 0 bridgehead atoms. The first-order valence-electron chi connectivity index (χ1n) is 2.95. The Morgan fingerprint density at radius 1 is 1.44 bits per heavy atom. The van der Waals surface area contributed by atoms with Gasteiger partial charge in [-0.3, -0.25) is 0 Å². The van der Waals surface area contributed by atoms with E-state index in [4.69, 9.17) is 5.11 Å². The summed E-state index contributed by atoms with van der Waals surface area (Å²) in [6.07, 6.45) is 0.713. The quantitative estimate of drug-likeness (QED) is 0.647. The van der Waals surface area contributed by atoms with Crippen LogP contribution in [-0.2, 0) is 0 Å². The van der Waals surface area contributed by atoms with Crippen molar-refractivity contribution in [2.75, 3.05) is 20.6 Å². The maximum absolute atomic E-state index is 8.77. The highest BCUT2D eigenvalue weighted by Crippen LogP contribution is 1.88. The van der Waals surface area contributed by atoms with Crippen LogP contribution >= 0.6 is 12.4 Å². The summed E-state index contributed by atoms with van der Waals surface area (Å²) in [5, 5.41) is 8.77. The maximum Gasteiger partial charge on any atom is 0.0524 e. The molecular weight excluding hydrogens is 138 g/mol. The van der Waals surface area contributed by atoms with E-state index < -0.39 is 0 Å². The monoisotopic (exact) mass is 153 g/mol. The average Bonchev–Trinajstić information content (AvgIpc) is 1.61. The van der Waals surface area contributed by atoms with Gasteiger partial charge in [-0.25, -0.2) is 0 Å². The van der Waals surface area contributed by atoms with Gasteiger partial charge in [-0.1, -0.05) is 0 Å². The zero-order valence-electron chi connectivity index (χ0n) is 6.29. The zero-order valence-corrected chi connectivity index (χ0v) is 7.11. The lowest BCUT2D eigenvalue weighted by Crippen LogP contribution is -2.17. The van der Waals surface area contributed by atoms with Crippen molar-refractivity contribution in [3.63, 3.8) is 0 Å². The summed E-state index contributed by atoms with van der Waals surface area (Å²) >= 11 is 0. The summed E-state index contributed by atoms with van der Waals surface area (Å²) in [4.78, 5) is 2.06. The minimum Gasteiger partial charge on any atom is -0.393 e. The molecule has 0 aromatic heterocycles. The normalized spacial score (nSPS) is 13.0. The lowest BCUT2D eigenvalue weighted by molar-refractivity contribution is 0.170. The van der Waals surface area contributed by atoms with Gasteiger partial charge in [0.05, 0.1) is 6.10 Å². The van der Waals surface area contributed by atoms with E-state index in [0.717, 1.165) is 13.0 Å². The topological polar surface area (TPSA) is 23.5 Å². The van der Waals surface area contributed by atoms with Crippen LogP contribution in [-0.4, -0.2) is 36.8 Å². The predicted molar refractivity (Wildman–Crippen MR) is 42.1 cm³/mol. The van der Waals surface area contributed by atoms with Gasteiger partial charge in [0, 0.05) is 0 Å². The molecule has 1 N–H and O–H groups in total. The van der Waals surface area contributed by atoms with Crippen molar-refractivity contribution in [1.29, 1.82) is 0 Å². The minimum absolute atomic E-state index is 0. The molecule has 0 amide bonds. The molecule has 0 aliphatic carbocycles. The van der Waals surface area contributed by atoms with Crippen molar-refractivity contribution in [2.24, 2.45) is 0 Å². The van der Waals surface area contributed by atoms with E-state index in [-0.39, 0.29) is 18.5 Å². The third-order valence-electron chi connectivity index (χ3n) is 0.994. The van der Waals surface area contributed by atoms with Gasteiger partial charge in [0.25, 0.3) is 0 Å². The fraction of sp³-hybridized carbons (Fsp3) is 1.00. The van der Waals surface area contributed by atoms with E-state index in [1.807, 2.05) is 21.0 Å². The van der Waals surface area contributed by atoms with Crippen LogP contribution in [0.15, 0.2) is 0 Å². The Morgan fingerprint density at radius 3 is 2.00 bits per heavy atom. The zero-order chi connectivity index (χ0) is 6.57. The van der Waals surface area contributed by atoms with Gasteiger partial charge in [-0.15, -0.1) is 12.4 Å². The Bertz CT molecular complexity index is 49.0. The van der Waals surface area contributed by atoms with Gasteiger partial charge in [-0.05, 0) is 34.0 Å². The number of hydrogen-bond donors (Lipinski definition) is 1. The predicted octanol–water partition coefficient (Wildman–Crippen LogP) is 0.741. The first-order valence-corrected chi connectivity index (χ1v) is 2.95. The number of aliphatic hydroxyl groups excluding tert-OH is 1. The molecule has 58 valence electrons. The molecule has 0 radical (unpaired) electrons. The van der Waals surface area contributed by atoms with Crippen LogP contribution in [0.2, 0.25) is 0 Å². The smallest absolute Gasteiger partial charge is 0.0524 e. The van der Waals surface area contributed by atoms with Crippen LogP contribution in [0.1, 0.15) is 13.3 Å². The molecule has 3 heteroatoms. The second kappa shape index (κ2) is 6.33. The highest BCUT2D eigenvalue weighted by Gasteiger charge is 1.94. The largest absolute Gasteiger partial charge is 0.393 e. The fourth-order valence-corrected chi connectivity index (χ4v) is 0.445. The molecule has 0 rings (SSSR count). The van der Waals surface area contributed by atoms with Gasteiger partial charge in [0.2, 0.25) is 0 Å². The molecule has 0 aliphatic rings. The van der Waals surface area contributed by atoms with Crippen molar-refractivity contribution >= 4 is 12.4 Å². The highest BCUT2D eigenvalue weighted by atomic mass is 35.5. The minimum atomic E-state index is -0.155. The molecule has 9 heavy (non-hydrogen) atoms. The van der Waals surface area contributed by atoms with Crippen LogP contribution in [0.4, 0.5) is 0 Å². The molecule has 0 saturated carbocycles. The lowest BCUT2D eigenvalue weighted by atomic mass is 10.3. The van der Waals surface area contributed by atoms with E-state index in [1.165, 1.54) is 0 Å². The summed E-state index contributed by atoms with van der Waals surface area (Å²) in [6, 6.07) is 0. The van der Waals surface area contributed by atoms with Crippen LogP contribution in [0, 0.1) is 0 Å². The molecule has 0 heterocycles. The fourth-order valence-electron chi connectivity index (χ4n) is 0.445. The van der Waals surface area contributed by atoms with E-state index in [9.17, 15) is 0 Å². The van der Waals surface area contributed by atoms with E-state index in [1.54, 1.807) is 0 Å². The van der Waals surface area contributed by atoms with Gasteiger partial charge in [0.1, 0.15) is 0 Å². The molecule has 2 nitrogen and oxygen atoms in total.